The average Bonchev–Trinajstić information content (AvgIpc) is 2.43. The molecule has 0 radical (unpaired) electrons. The largest absolute Gasteiger partial charge is 0.494 e. The Balaban J connectivity index is 2.46. The second kappa shape index (κ2) is 9.14. The molecule has 20 heavy (non-hydrogen) atoms. The van der Waals surface area contributed by atoms with E-state index in [-0.39, 0.29) is 6.04 Å². The molecule has 0 aromatic heterocycles. The number of hydrogen-bond acceptors (Lipinski definition) is 3. The Hall–Kier alpha value is -0.870. The number of rotatable bonds is 9. The second-order valence-electron chi connectivity index (χ2n) is 5.52. The van der Waals surface area contributed by atoms with E-state index in [1.165, 1.54) is 0 Å². The van der Waals surface area contributed by atoms with Crippen LogP contribution < -0.4 is 10.5 Å². The number of ether oxygens (including phenoxy) is 1. The zero-order valence-corrected chi connectivity index (χ0v) is 13.6. The van der Waals surface area contributed by atoms with Gasteiger partial charge in [-0.25, -0.2) is 0 Å². The van der Waals surface area contributed by atoms with E-state index in [9.17, 15) is 4.21 Å². The molecule has 0 bridgehead atoms. The van der Waals surface area contributed by atoms with E-state index in [0.717, 1.165) is 36.5 Å². The summed E-state index contributed by atoms with van der Waals surface area (Å²) in [5.74, 6) is 2.72. The van der Waals surface area contributed by atoms with E-state index in [4.69, 9.17) is 10.5 Å². The minimum atomic E-state index is -0.838. The van der Waals surface area contributed by atoms with Gasteiger partial charge in [0.05, 0.1) is 6.61 Å². The predicted octanol–water partition coefficient (Wildman–Crippen LogP) is 3.27. The standard InChI is InChI=1S/C16H27NO2S/c1-4-10-19-15-7-5-14(6-8-15)16(17)12-20(18)11-9-13(2)3/h5-8,13,16H,4,9-12,17H2,1-3H3. The Kier molecular flexibility index (Phi) is 7.85. The maximum absolute atomic E-state index is 11.9. The van der Waals surface area contributed by atoms with Crippen LogP contribution in [0.5, 0.6) is 5.75 Å². The minimum absolute atomic E-state index is 0.164. The lowest BCUT2D eigenvalue weighted by atomic mass is 10.1. The summed E-state index contributed by atoms with van der Waals surface area (Å²) >= 11 is 0. The lowest BCUT2D eigenvalue weighted by molar-refractivity contribution is 0.317. The maximum atomic E-state index is 11.9. The molecule has 2 atom stereocenters. The summed E-state index contributed by atoms with van der Waals surface area (Å²) in [5, 5.41) is 0. The summed E-state index contributed by atoms with van der Waals surface area (Å²) in [4.78, 5) is 0. The SMILES string of the molecule is CCCOc1ccc(C(N)CS(=O)CCC(C)C)cc1. The van der Waals surface area contributed by atoms with Gasteiger partial charge in [-0.2, -0.15) is 0 Å². The van der Waals surface area contributed by atoms with Crippen molar-refractivity contribution in [3.63, 3.8) is 0 Å². The van der Waals surface area contributed by atoms with Gasteiger partial charge in [0.2, 0.25) is 0 Å². The zero-order valence-electron chi connectivity index (χ0n) is 12.8. The second-order valence-corrected chi connectivity index (χ2v) is 7.14. The Morgan fingerprint density at radius 1 is 1.25 bits per heavy atom. The predicted molar refractivity (Wildman–Crippen MR) is 86.5 cm³/mol. The van der Waals surface area contributed by atoms with Gasteiger partial charge in [0.25, 0.3) is 0 Å². The molecule has 4 heteroatoms. The molecule has 0 aliphatic heterocycles. The molecule has 3 nitrogen and oxygen atoms in total. The molecule has 0 heterocycles. The summed E-state index contributed by atoms with van der Waals surface area (Å²) in [6.45, 7) is 7.10. The van der Waals surface area contributed by atoms with Gasteiger partial charge in [-0.1, -0.05) is 32.9 Å². The summed E-state index contributed by atoms with van der Waals surface area (Å²) in [5.41, 5.74) is 7.14. The first-order valence-corrected chi connectivity index (χ1v) is 8.85. The molecule has 0 saturated heterocycles. The highest BCUT2D eigenvalue weighted by Gasteiger charge is 2.11. The summed E-state index contributed by atoms with van der Waals surface area (Å²) in [6, 6.07) is 7.64. The van der Waals surface area contributed by atoms with Crippen molar-refractivity contribution in [1.29, 1.82) is 0 Å². The van der Waals surface area contributed by atoms with Crippen molar-refractivity contribution in [2.24, 2.45) is 11.7 Å². The van der Waals surface area contributed by atoms with Gasteiger partial charge in [-0.15, -0.1) is 0 Å². The van der Waals surface area contributed by atoms with Crippen molar-refractivity contribution in [2.45, 2.75) is 39.7 Å². The van der Waals surface area contributed by atoms with Crippen LogP contribution in [0.25, 0.3) is 0 Å². The molecule has 1 rings (SSSR count). The van der Waals surface area contributed by atoms with Crippen molar-refractivity contribution in [1.82, 2.24) is 0 Å². The normalized spacial score (nSPS) is 14.2. The molecule has 0 amide bonds. The molecule has 2 N–H and O–H groups in total. The quantitative estimate of drug-likeness (QED) is 0.761. The number of nitrogens with two attached hydrogens (primary N) is 1. The molecular formula is C16H27NO2S. The topological polar surface area (TPSA) is 52.3 Å². The number of hydrogen-bond donors (Lipinski definition) is 1. The van der Waals surface area contributed by atoms with E-state index < -0.39 is 10.8 Å². The summed E-state index contributed by atoms with van der Waals surface area (Å²) < 4.78 is 17.5. The van der Waals surface area contributed by atoms with Gasteiger partial charge in [-0.05, 0) is 36.5 Å². The highest BCUT2D eigenvalue weighted by Crippen LogP contribution is 2.17. The van der Waals surface area contributed by atoms with Crippen molar-refractivity contribution in [2.75, 3.05) is 18.1 Å². The molecular weight excluding hydrogens is 270 g/mol. The third-order valence-corrected chi connectivity index (χ3v) is 4.49. The fraction of sp³-hybridized carbons (Fsp3) is 0.625. The van der Waals surface area contributed by atoms with Gasteiger partial charge in [0, 0.05) is 28.3 Å². The van der Waals surface area contributed by atoms with Crippen LogP contribution in [0.4, 0.5) is 0 Å². The van der Waals surface area contributed by atoms with E-state index >= 15 is 0 Å². The molecule has 0 aliphatic carbocycles. The zero-order chi connectivity index (χ0) is 15.0. The minimum Gasteiger partial charge on any atom is -0.494 e. The van der Waals surface area contributed by atoms with Crippen LogP contribution in [0.15, 0.2) is 24.3 Å². The summed E-state index contributed by atoms with van der Waals surface area (Å²) in [7, 11) is -0.838. The molecule has 114 valence electrons. The highest BCUT2D eigenvalue weighted by atomic mass is 32.2. The third-order valence-electron chi connectivity index (χ3n) is 3.07. The van der Waals surface area contributed by atoms with Crippen molar-refractivity contribution >= 4 is 10.8 Å². The van der Waals surface area contributed by atoms with Crippen molar-refractivity contribution in [3.05, 3.63) is 29.8 Å². The molecule has 0 aliphatic rings. The van der Waals surface area contributed by atoms with Gasteiger partial charge in [0.1, 0.15) is 5.75 Å². The van der Waals surface area contributed by atoms with Gasteiger partial charge in [0.15, 0.2) is 0 Å². The van der Waals surface area contributed by atoms with Crippen LogP contribution in [0.2, 0.25) is 0 Å². The first kappa shape index (κ1) is 17.2. The van der Waals surface area contributed by atoms with E-state index in [0.29, 0.717) is 11.7 Å². The Labute approximate surface area is 125 Å². The Morgan fingerprint density at radius 2 is 1.90 bits per heavy atom. The van der Waals surface area contributed by atoms with Crippen LogP contribution in [-0.4, -0.2) is 22.3 Å². The highest BCUT2D eigenvalue weighted by molar-refractivity contribution is 7.85. The van der Waals surface area contributed by atoms with Crippen LogP contribution in [0.3, 0.4) is 0 Å². The average molecular weight is 297 g/mol. The first-order chi connectivity index (χ1) is 9.52. The summed E-state index contributed by atoms with van der Waals surface area (Å²) in [6.07, 6.45) is 1.99. The van der Waals surface area contributed by atoms with Crippen LogP contribution in [0.1, 0.15) is 45.2 Å². The van der Waals surface area contributed by atoms with Crippen molar-refractivity contribution < 1.29 is 8.95 Å². The van der Waals surface area contributed by atoms with E-state index in [1.807, 2.05) is 24.3 Å². The van der Waals surface area contributed by atoms with Gasteiger partial charge in [-0.3, -0.25) is 4.21 Å². The van der Waals surface area contributed by atoms with E-state index in [1.54, 1.807) is 0 Å². The number of benzene rings is 1. The molecule has 0 saturated carbocycles. The van der Waals surface area contributed by atoms with Gasteiger partial charge < -0.3 is 10.5 Å². The maximum Gasteiger partial charge on any atom is 0.119 e. The molecule has 0 spiro atoms. The fourth-order valence-corrected chi connectivity index (χ4v) is 3.27. The molecule has 0 fully saturated rings. The van der Waals surface area contributed by atoms with Crippen LogP contribution >= 0.6 is 0 Å². The van der Waals surface area contributed by atoms with Crippen LogP contribution in [-0.2, 0) is 10.8 Å². The van der Waals surface area contributed by atoms with Crippen LogP contribution in [0, 0.1) is 5.92 Å². The molecule has 1 aromatic carbocycles. The molecule has 1 aromatic rings. The molecule has 2 unspecified atom stereocenters. The van der Waals surface area contributed by atoms with Gasteiger partial charge >= 0.3 is 0 Å². The smallest absolute Gasteiger partial charge is 0.119 e. The monoisotopic (exact) mass is 297 g/mol. The third kappa shape index (κ3) is 6.53. The fourth-order valence-electron chi connectivity index (χ4n) is 1.78. The lowest BCUT2D eigenvalue weighted by Crippen LogP contribution is -2.20. The first-order valence-electron chi connectivity index (χ1n) is 7.36. The van der Waals surface area contributed by atoms with E-state index in [2.05, 4.69) is 20.8 Å². The Morgan fingerprint density at radius 3 is 2.45 bits per heavy atom. The lowest BCUT2D eigenvalue weighted by Gasteiger charge is -2.13. The Bertz CT molecular complexity index is 403. The van der Waals surface area contributed by atoms with Crippen molar-refractivity contribution in [3.8, 4) is 5.75 Å².